The first-order chi connectivity index (χ1) is 13.2. The van der Waals surface area contributed by atoms with Gasteiger partial charge >= 0.3 is 6.09 Å². The quantitative estimate of drug-likeness (QED) is 0.801. The zero-order valence-electron chi connectivity index (χ0n) is 17.4. The van der Waals surface area contributed by atoms with E-state index in [-0.39, 0.29) is 12.0 Å². The van der Waals surface area contributed by atoms with Crippen LogP contribution in [0.1, 0.15) is 42.5 Å². The van der Waals surface area contributed by atoms with Crippen molar-refractivity contribution in [3.8, 4) is 0 Å². The summed E-state index contributed by atoms with van der Waals surface area (Å²) in [5, 5.41) is 4.54. The van der Waals surface area contributed by atoms with Gasteiger partial charge < -0.3 is 20.3 Å². The molecule has 2 aliphatic rings. The maximum Gasteiger partial charge on any atom is 0.410 e. The van der Waals surface area contributed by atoms with E-state index in [0.29, 0.717) is 44.8 Å². The second-order valence-corrected chi connectivity index (χ2v) is 8.47. The summed E-state index contributed by atoms with van der Waals surface area (Å²) in [7, 11) is 1.80. The molecule has 0 radical (unpaired) electrons. The van der Waals surface area contributed by atoms with Crippen LogP contribution in [0, 0.1) is 0 Å². The van der Waals surface area contributed by atoms with E-state index in [1.165, 1.54) is 0 Å². The van der Waals surface area contributed by atoms with Gasteiger partial charge in [0.15, 0.2) is 0 Å². The van der Waals surface area contributed by atoms with Gasteiger partial charge in [0.05, 0.1) is 12.2 Å². The van der Waals surface area contributed by atoms with E-state index in [4.69, 9.17) is 10.5 Å². The van der Waals surface area contributed by atoms with Crippen LogP contribution in [0.3, 0.4) is 0 Å². The normalized spacial score (nSPS) is 18.2. The van der Waals surface area contributed by atoms with Crippen molar-refractivity contribution in [2.24, 2.45) is 12.8 Å². The van der Waals surface area contributed by atoms with Crippen molar-refractivity contribution in [2.45, 2.75) is 39.3 Å². The molecule has 156 valence electrons. The molecule has 2 aliphatic heterocycles. The van der Waals surface area contributed by atoms with Gasteiger partial charge in [0.25, 0.3) is 5.91 Å². The van der Waals surface area contributed by atoms with Crippen LogP contribution < -0.4 is 5.73 Å². The molecule has 2 N–H and O–H groups in total. The number of piperazine rings is 1. The number of amides is 2. The van der Waals surface area contributed by atoms with Crippen molar-refractivity contribution in [3.05, 3.63) is 17.0 Å². The monoisotopic (exact) mass is 392 g/mol. The van der Waals surface area contributed by atoms with Crippen LogP contribution in [-0.2, 0) is 24.8 Å². The van der Waals surface area contributed by atoms with Gasteiger partial charge in [0.1, 0.15) is 11.3 Å². The Balaban J connectivity index is 1.73. The summed E-state index contributed by atoms with van der Waals surface area (Å²) in [6.07, 6.45) is 0.274. The van der Waals surface area contributed by atoms with Crippen LogP contribution in [-0.4, -0.2) is 87.9 Å². The van der Waals surface area contributed by atoms with Crippen LogP contribution in [0.2, 0.25) is 0 Å². The Morgan fingerprint density at radius 3 is 2.39 bits per heavy atom. The van der Waals surface area contributed by atoms with Crippen LogP contribution in [0.5, 0.6) is 0 Å². The lowest BCUT2D eigenvalue weighted by atomic mass is 10.0. The minimum absolute atomic E-state index is 0.0188. The number of nitrogens with zero attached hydrogens (tertiary/aromatic N) is 5. The van der Waals surface area contributed by atoms with Crippen molar-refractivity contribution >= 4 is 12.0 Å². The summed E-state index contributed by atoms with van der Waals surface area (Å²) in [6.45, 7) is 10.9. The molecule has 9 heteroatoms. The van der Waals surface area contributed by atoms with Gasteiger partial charge in [-0.3, -0.25) is 14.4 Å². The van der Waals surface area contributed by atoms with E-state index in [1.807, 2.05) is 25.7 Å². The predicted octanol–water partition coefficient (Wildman–Crippen LogP) is 0.430. The van der Waals surface area contributed by atoms with Gasteiger partial charge in [-0.15, -0.1) is 0 Å². The topological polar surface area (TPSA) is 96.9 Å². The third-order valence-electron chi connectivity index (χ3n) is 5.16. The van der Waals surface area contributed by atoms with Gasteiger partial charge in [0, 0.05) is 64.8 Å². The smallest absolute Gasteiger partial charge is 0.410 e. The lowest BCUT2D eigenvalue weighted by molar-refractivity contribution is 0.0221. The van der Waals surface area contributed by atoms with E-state index in [9.17, 15) is 9.59 Å². The lowest BCUT2D eigenvalue weighted by Gasteiger charge is -2.35. The molecule has 1 aromatic heterocycles. The van der Waals surface area contributed by atoms with Gasteiger partial charge in [-0.25, -0.2) is 4.79 Å². The molecule has 2 amide bonds. The summed E-state index contributed by atoms with van der Waals surface area (Å²) in [6, 6.07) is 0. The summed E-state index contributed by atoms with van der Waals surface area (Å²) in [5.41, 5.74) is 7.40. The molecule has 1 saturated heterocycles. The second kappa shape index (κ2) is 8.08. The number of nitrogens with two attached hydrogens (primary N) is 1. The highest BCUT2D eigenvalue weighted by molar-refractivity contribution is 5.94. The molecule has 0 bridgehead atoms. The molecule has 28 heavy (non-hydrogen) atoms. The molecule has 1 fully saturated rings. The van der Waals surface area contributed by atoms with Crippen LogP contribution >= 0.6 is 0 Å². The summed E-state index contributed by atoms with van der Waals surface area (Å²) < 4.78 is 7.16. The minimum Gasteiger partial charge on any atom is -0.444 e. The van der Waals surface area contributed by atoms with Crippen LogP contribution in [0.15, 0.2) is 0 Å². The second-order valence-electron chi connectivity index (χ2n) is 8.47. The standard InChI is InChI=1S/C19H32N6O3/c1-19(2,3)28-18(27)25-7-5-15-14(13-25)16(22(4)21-15)17(26)24-11-9-23(8-6-20)10-12-24/h5-13,20H2,1-4H3. The molecule has 0 unspecified atom stereocenters. The highest BCUT2D eigenvalue weighted by atomic mass is 16.6. The molecule has 9 nitrogen and oxygen atoms in total. The van der Waals surface area contributed by atoms with Gasteiger partial charge in [0.2, 0.25) is 0 Å². The zero-order chi connectivity index (χ0) is 20.5. The van der Waals surface area contributed by atoms with E-state index >= 15 is 0 Å². The van der Waals surface area contributed by atoms with Crippen molar-refractivity contribution in [3.63, 3.8) is 0 Å². The molecule has 0 saturated carbocycles. The van der Waals surface area contributed by atoms with E-state index in [0.717, 1.165) is 30.9 Å². The van der Waals surface area contributed by atoms with E-state index in [1.54, 1.807) is 16.6 Å². The third kappa shape index (κ3) is 4.47. The summed E-state index contributed by atoms with van der Waals surface area (Å²) >= 11 is 0. The average Bonchev–Trinajstić information content (AvgIpc) is 2.95. The van der Waals surface area contributed by atoms with Crippen molar-refractivity contribution < 1.29 is 14.3 Å². The highest BCUT2D eigenvalue weighted by Gasteiger charge is 2.33. The fourth-order valence-corrected chi connectivity index (χ4v) is 3.76. The summed E-state index contributed by atoms with van der Waals surface area (Å²) in [5.74, 6) is -0.0188. The predicted molar refractivity (Wildman–Crippen MR) is 105 cm³/mol. The number of fused-ring (bicyclic) bond motifs is 1. The molecule has 0 spiro atoms. The van der Waals surface area contributed by atoms with Crippen molar-refractivity contribution in [1.29, 1.82) is 0 Å². The first kappa shape index (κ1) is 20.6. The third-order valence-corrected chi connectivity index (χ3v) is 5.16. The number of hydrogen-bond donors (Lipinski definition) is 1. The average molecular weight is 393 g/mol. The maximum absolute atomic E-state index is 13.2. The van der Waals surface area contributed by atoms with Gasteiger partial charge in [-0.2, -0.15) is 5.10 Å². The summed E-state index contributed by atoms with van der Waals surface area (Å²) in [4.78, 5) is 31.5. The minimum atomic E-state index is -0.547. The molecular formula is C19H32N6O3. The Labute approximate surface area is 166 Å². The fourth-order valence-electron chi connectivity index (χ4n) is 3.76. The molecular weight excluding hydrogens is 360 g/mol. The Morgan fingerprint density at radius 2 is 1.79 bits per heavy atom. The Hall–Kier alpha value is -2.13. The van der Waals surface area contributed by atoms with Gasteiger partial charge in [-0.05, 0) is 20.8 Å². The van der Waals surface area contributed by atoms with E-state index < -0.39 is 5.60 Å². The largest absolute Gasteiger partial charge is 0.444 e. The number of rotatable bonds is 3. The number of hydrogen-bond acceptors (Lipinski definition) is 6. The molecule has 0 atom stereocenters. The number of aromatic nitrogens is 2. The first-order valence-electron chi connectivity index (χ1n) is 9.94. The maximum atomic E-state index is 13.2. The Kier molecular flexibility index (Phi) is 5.95. The van der Waals surface area contributed by atoms with Crippen molar-refractivity contribution in [1.82, 2.24) is 24.5 Å². The number of carbonyl (C=O) groups excluding carboxylic acids is 2. The lowest BCUT2D eigenvalue weighted by Crippen LogP contribution is -2.50. The number of carbonyl (C=O) groups is 2. The molecule has 0 aliphatic carbocycles. The van der Waals surface area contributed by atoms with Crippen LogP contribution in [0.25, 0.3) is 0 Å². The van der Waals surface area contributed by atoms with Crippen LogP contribution in [0.4, 0.5) is 4.79 Å². The van der Waals surface area contributed by atoms with Gasteiger partial charge in [-0.1, -0.05) is 0 Å². The zero-order valence-corrected chi connectivity index (χ0v) is 17.4. The molecule has 1 aromatic rings. The SMILES string of the molecule is Cn1nc2c(c1C(=O)N1CCN(CCN)CC1)CN(C(=O)OC(C)(C)C)CC2. The number of ether oxygens (including phenoxy) is 1. The molecule has 0 aromatic carbocycles. The highest BCUT2D eigenvalue weighted by Crippen LogP contribution is 2.25. The first-order valence-corrected chi connectivity index (χ1v) is 9.94. The Bertz CT molecular complexity index is 731. The molecule has 3 heterocycles. The molecule has 3 rings (SSSR count). The Morgan fingerprint density at radius 1 is 1.11 bits per heavy atom. The fraction of sp³-hybridized carbons (Fsp3) is 0.737. The van der Waals surface area contributed by atoms with E-state index in [2.05, 4.69) is 10.00 Å². The van der Waals surface area contributed by atoms with Crippen molar-refractivity contribution in [2.75, 3.05) is 45.8 Å². The number of aryl methyl sites for hydroxylation is 1.